The number of para-hydroxylation sites is 2. The first-order valence-corrected chi connectivity index (χ1v) is 8.22. The molecule has 1 atom stereocenters. The molecule has 24 heavy (non-hydrogen) atoms. The maximum Gasteiger partial charge on any atom is 0.204 e. The molecular weight excluding hydrogens is 298 g/mol. The van der Waals surface area contributed by atoms with Crippen molar-refractivity contribution in [1.82, 2.24) is 19.6 Å². The maximum atomic E-state index is 4.78. The quantitative estimate of drug-likeness (QED) is 0.618. The first kappa shape index (κ1) is 14.6. The highest BCUT2D eigenvalue weighted by Gasteiger charge is 2.15. The molecule has 0 aliphatic rings. The van der Waals surface area contributed by atoms with E-state index in [1.807, 2.05) is 36.4 Å². The lowest BCUT2D eigenvalue weighted by atomic mass is 10.1. The van der Waals surface area contributed by atoms with Gasteiger partial charge in [-0.15, -0.1) is 10.2 Å². The van der Waals surface area contributed by atoms with Crippen LogP contribution >= 0.6 is 0 Å². The summed E-state index contributed by atoms with van der Waals surface area (Å²) in [6, 6.07) is 18.6. The van der Waals surface area contributed by atoms with Gasteiger partial charge in [-0.05, 0) is 24.6 Å². The smallest absolute Gasteiger partial charge is 0.204 e. The molecule has 0 saturated heterocycles. The largest absolute Gasteiger partial charge is 0.360 e. The minimum Gasteiger partial charge on any atom is -0.360 e. The van der Waals surface area contributed by atoms with Crippen LogP contribution in [0.3, 0.4) is 0 Å². The highest BCUT2D eigenvalue weighted by atomic mass is 15.3. The number of fused-ring (bicyclic) bond motifs is 3. The van der Waals surface area contributed by atoms with E-state index in [9.17, 15) is 0 Å². The van der Waals surface area contributed by atoms with E-state index in [0.29, 0.717) is 0 Å². The Balaban J connectivity index is 1.86. The third-order valence-electron chi connectivity index (χ3n) is 4.27. The van der Waals surface area contributed by atoms with Crippen molar-refractivity contribution in [1.29, 1.82) is 0 Å². The van der Waals surface area contributed by atoms with Crippen LogP contribution in [0.25, 0.3) is 16.7 Å². The lowest BCUT2D eigenvalue weighted by molar-refractivity contribution is 0.875. The zero-order valence-electron chi connectivity index (χ0n) is 13.8. The maximum absolute atomic E-state index is 4.78. The van der Waals surface area contributed by atoms with Crippen LogP contribution in [0.5, 0.6) is 0 Å². The first-order valence-electron chi connectivity index (χ1n) is 8.22. The van der Waals surface area contributed by atoms with E-state index in [-0.39, 0.29) is 6.04 Å². The van der Waals surface area contributed by atoms with Gasteiger partial charge < -0.3 is 5.32 Å². The van der Waals surface area contributed by atoms with Crippen molar-refractivity contribution < 1.29 is 0 Å². The van der Waals surface area contributed by atoms with Gasteiger partial charge in [0.1, 0.15) is 5.82 Å². The average molecular weight is 317 g/mol. The standard InChI is InChI=1S/C19H19N5/c1-3-17-22-23-19-18(20-13(2)14-9-5-4-6-10-14)21-15-11-7-8-12-16(15)24(17)19/h4-13H,3H2,1-2H3,(H,20,21). The van der Waals surface area contributed by atoms with Crippen LogP contribution in [0.15, 0.2) is 54.6 Å². The highest BCUT2D eigenvalue weighted by Crippen LogP contribution is 2.25. The van der Waals surface area contributed by atoms with Gasteiger partial charge in [-0.2, -0.15) is 0 Å². The number of aromatic nitrogens is 4. The Morgan fingerprint density at radius 3 is 2.54 bits per heavy atom. The predicted octanol–water partition coefficient (Wildman–Crippen LogP) is 4.01. The molecule has 0 amide bonds. The molecule has 5 nitrogen and oxygen atoms in total. The molecule has 2 aromatic heterocycles. The fraction of sp³-hybridized carbons (Fsp3) is 0.211. The third kappa shape index (κ3) is 2.38. The monoisotopic (exact) mass is 317 g/mol. The molecule has 0 radical (unpaired) electrons. The van der Waals surface area contributed by atoms with Gasteiger partial charge in [0.15, 0.2) is 5.82 Å². The zero-order chi connectivity index (χ0) is 16.5. The average Bonchev–Trinajstić information content (AvgIpc) is 3.07. The summed E-state index contributed by atoms with van der Waals surface area (Å²) in [6.07, 6.45) is 0.822. The molecule has 0 bridgehead atoms. The second kappa shape index (κ2) is 5.92. The molecule has 120 valence electrons. The fourth-order valence-corrected chi connectivity index (χ4v) is 3.00. The molecule has 1 unspecified atom stereocenters. The molecular formula is C19H19N5. The van der Waals surface area contributed by atoms with Gasteiger partial charge in [-0.3, -0.25) is 4.40 Å². The summed E-state index contributed by atoms with van der Waals surface area (Å²) in [4.78, 5) is 4.78. The lowest BCUT2D eigenvalue weighted by Crippen LogP contribution is -2.10. The number of nitrogens with zero attached hydrogens (tertiary/aromatic N) is 4. The second-order valence-corrected chi connectivity index (χ2v) is 5.85. The van der Waals surface area contributed by atoms with E-state index in [0.717, 1.165) is 34.7 Å². The van der Waals surface area contributed by atoms with Crippen molar-refractivity contribution in [3.8, 4) is 0 Å². The highest BCUT2D eigenvalue weighted by molar-refractivity contribution is 5.83. The van der Waals surface area contributed by atoms with Gasteiger partial charge in [-0.25, -0.2) is 4.98 Å². The van der Waals surface area contributed by atoms with Crippen molar-refractivity contribution in [2.45, 2.75) is 26.3 Å². The number of hydrogen-bond donors (Lipinski definition) is 1. The Hall–Kier alpha value is -2.95. The molecule has 4 rings (SSSR count). The number of benzene rings is 2. The summed E-state index contributed by atoms with van der Waals surface area (Å²) < 4.78 is 2.10. The third-order valence-corrected chi connectivity index (χ3v) is 4.27. The topological polar surface area (TPSA) is 55.1 Å². The Labute approximate surface area is 140 Å². The number of hydrogen-bond acceptors (Lipinski definition) is 4. The second-order valence-electron chi connectivity index (χ2n) is 5.85. The van der Waals surface area contributed by atoms with E-state index in [1.165, 1.54) is 5.56 Å². The minimum absolute atomic E-state index is 0.130. The predicted molar refractivity (Wildman–Crippen MR) is 96.1 cm³/mol. The zero-order valence-corrected chi connectivity index (χ0v) is 13.8. The molecule has 0 fully saturated rings. The van der Waals surface area contributed by atoms with E-state index in [4.69, 9.17) is 4.98 Å². The number of aryl methyl sites for hydroxylation is 1. The Morgan fingerprint density at radius 2 is 1.75 bits per heavy atom. The van der Waals surface area contributed by atoms with Crippen LogP contribution in [-0.4, -0.2) is 19.6 Å². The van der Waals surface area contributed by atoms with Gasteiger partial charge in [0.2, 0.25) is 5.65 Å². The van der Waals surface area contributed by atoms with Crippen LogP contribution < -0.4 is 5.32 Å². The molecule has 0 aliphatic heterocycles. The van der Waals surface area contributed by atoms with Crippen molar-refractivity contribution in [3.05, 3.63) is 66.0 Å². The van der Waals surface area contributed by atoms with Crippen LogP contribution in [0.4, 0.5) is 5.82 Å². The van der Waals surface area contributed by atoms with E-state index >= 15 is 0 Å². The molecule has 5 heteroatoms. The van der Waals surface area contributed by atoms with Crippen LogP contribution in [-0.2, 0) is 6.42 Å². The lowest BCUT2D eigenvalue weighted by Gasteiger charge is -2.16. The van der Waals surface area contributed by atoms with Crippen molar-refractivity contribution in [2.24, 2.45) is 0 Å². The van der Waals surface area contributed by atoms with Crippen molar-refractivity contribution in [2.75, 3.05) is 5.32 Å². The van der Waals surface area contributed by atoms with Crippen LogP contribution in [0.2, 0.25) is 0 Å². The summed E-state index contributed by atoms with van der Waals surface area (Å²) >= 11 is 0. The number of anilines is 1. The van der Waals surface area contributed by atoms with Gasteiger partial charge in [0.05, 0.1) is 17.1 Å². The van der Waals surface area contributed by atoms with E-state index in [1.54, 1.807) is 0 Å². The first-order chi connectivity index (χ1) is 11.8. The molecule has 1 N–H and O–H groups in total. The number of nitrogens with one attached hydrogen (secondary N) is 1. The Morgan fingerprint density at radius 1 is 1.00 bits per heavy atom. The van der Waals surface area contributed by atoms with Gasteiger partial charge >= 0.3 is 0 Å². The van der Waals surface area contributed by atoms with E-state index < -0.39 is 0 Å². The van der Waals surface area contributed by atoms with Gasteiger partial charge in [-0.1, -0.05) is 49.4 Å². The van der Waals surface area contributed by atoms with Crippen LogP contribution in [0.1, 0.15) is 31.3 Å². The Kier molecular flexibility index (Phi) is 3.61. The van der Waals surface area contributed by atoms with Crippen molar-refractivity contribution >= 4 is 22.5 Å². The van der Waals surface area contributed by atoms with Gasteiger partial charge in [0, 0.05) is 6.42 Å². The fourth-order valence-electron chi connectivity index (χ4n) is 3.00. The van der Waals surface area contributed by atoms with Crippen LogP contribution in [0, 0.1) is 0 Å². The van der Waals surface area contributed by atoms with Gasteiger partial charge in [0.25, 0.3) is 0 Å². The summed E-state index contributed by atoms with van der Waals surface area (Å²) in [6.45, 7) is 4.21. The molecule has 4 aromatic rings. The van der Waals surface area contributed by atoms with E-state index in [2.05, 4.69) is 52.0 Å². The molecule has 2 aromatic carbocycles. The summed E-state index contributed by atoms with van der Waals surface area (Å²) in [5, 5.41) is 12.2. The molecule has 0 spiro atoms. The number of rotatable bonds is 4. The normalized spacial score (nSPS) is 12.6. The molecule has 0 aliphatic carbocycles. The summed E-state index contributed by atoms with van der Waals surface area (Å²) in [5.74, 6) is 1.70. The summed E-state index contributed by atoms with van der Waals surface area (Å²) in [7, 11) is 0. The SMILES string of the molecule is CCc1nnc2c(NC(C)c3ccccc3)nc3ccccc3n12. The molecule has 0 saturated carbocycles. The Bertz CT molecular complexity index is 991. The minimum atomic E-state index is 0.130. The molecule has 2 heterocycles. The van der Waals surface area contributed by atoms with Crippen molar-refractivity contribution in [3.63, 3.8) is 0 Å². The summed E-state index contributed by atoms with van der Waals surface area (Å²) in [5.41, 5.74) is 3.95.